The summed E-state index contributed by atoms with van der Waals surface area (Å²) in [5.74, 6) is 0.256. The lowest BCUT2D eigenvalue weighted by Crippen LogP contribution is -2.20. The topological polar surface area (TPSA) is 149 Å². The summed E-state index contributed by atoms with van der Waals surface area (Å²) in [6, 6.07) is 13.0. The van der Waals surface area contributed by atoms with Crippen LogP contribution < -0.4 is 16.4 Å². The number of pyridine rings is 1. The Hall–Kier alpha value is -4.47. The number of anilines is 3. The molecule has 0 aliphatic carbocycles. The summed E-state index contributed by atoms with van der Waals surface area (Å²) in [5, 5.41) is 20.8. The van der Waals surface area contributed by atoms with E-state index in [-0.39, 0.29) is 11.5 Å². The van der Waals surface area contributed by atoms with Crippen molar-refractivity contribution in [3.63, 3.8) is 0 Å². The molecule has 0 fully saturated rings. The van der Waals surface area contributed by atoms with Gasteiger partial charge >= 0.3 is 6.03 Å². The maximum Gasteiger partial charge on any atom is 0.323 e. The van der Waals surface area contributed by atoms with Crippen LogP contribution in [-0.4, -0.2) is 21.1 Å². The number of nitro groups is 1. The largest absolute Gasteiger partial charge is 0.380 e. The van der Waals surface area contributed by atoms with Crippen LogP contribution in [0.1, 0.15) is 11.3 Å². The third kappa shape index (κ3) is 3.86. The molecule has 2 amide bonds. The molecule has 0 radical (unpaired) electrons. The molecule has 2 aromatic heterocycles. The van der Waals surface area contributed by atoms with Crippen molar-refractivity contribution in [1.82, 2.24) is 10.1 Å². The number of aryl methyl sites for hydroxylation is 1. The number of hydrogen-bond donors (Lipinski definition) is 3. The minimum atomic E-state index is -0.512. The second-order valence-corrected chi connectivity index (χ2v) is 6.92. The molecule has 0 bridgehead atoms. The lowest BCUT2D eigenvalue weighted by atomic mass is 10.0. The van der Waals surface area contributed by atoms with Gasteiger partial charge in [-0.1, -0.05) is 23.4 Å². The van der Waals surface area contributed by atoms with Gasteiger partial charge in [-0.05, 0) is 43.7 Å². The summed E-state index contributed by atoms with van der Waals surface area (Å²) >= 11 is 0. The molecular weight excluding hydrogens is 400 g/mol. The van der Waals surface area contributed by atoms with Gasteiger partial charge in [-0.2, -0.15) is 0 Å². The predicted octanol–water partition coefficient (Wildman–Crippen LogP) is 4.64. The molecule has 0 aliphatic rings. The summed E-state index contributed by atoms with van der Waals surface area (Å²) < 4.78 is 5.16. The van der Waals surface area contributed by atoms with Crippen molar-refractivity contribution in [2.45, 2.75) is 13.8 Å². The first-order valence-corrected chi connectivity index (χ1v) is 9.28. The lowest BCUT2D eigenvalue weighted by molar-refractivity contribution is -0.385. The Labute approximate surface area is 176 Å². The minimum Gasteiger partial charge on any atom is -0.380 e. The van der Waals surface area contributed by atoms with Gasteiger partial charge in [-0.3, -0.25) is 10.1 Å². The number of carbonyl (C=O) groups is 1. The molecule has 2 heterocycles. The number of nitrogens with two attached hydrogens (primary N) is 1. The van der Waals surface area contributed by atoms with Gasteiger partial charge in [-0.25, -0.2) is 9.78 Å². The van der Waals surface area contributed by atoms with Gasteiger partial charge in [0.25, 0.3) is 11.4 Å². The zero-order valence-electron chi connectivity index (χ0n) is 16.7. The number of rotatable bonds is 4. The van der Waals surface area contributed by atoms with Crippen LogP contribution in [0.25, 0.3) is 22.2 Å². The van der Waals surface area contributed by atoms with Crippen molar-refractivity contribution in [3.8, 4) is 11.1 Å². The highest BCUT2D eigenvalue weighted by atomic mass is 16.6. The van der Waals surface area contributed by atoms with Gasteiger partial charge in [0.15, 0.2) is 5.82 Å². The van der Waals surface area contributed by atoms with E-state index in [9.17, 15) is 14.9 Å². The summed E-state index contributed by atoms with van der Waals surface area (Å²) in [5.41, 5.74) is 9.94. The molecule has 0 saturated carbocycles. The smallest absolute Gasteiger partial charge is 0.323 e. The van der Waals surface area contributed by atoms with Gasteiger partial charge in [0.1, 0.15) is 0 Å². The van der Waals surface area contributed by atoms with Crippen LogP contribution in [0.4, 0.5) is 27.7 Å². The Morgan fingerprint density at radius 3 is 2.58 bits per heavy atom. The van der Waals surface area contributed by atoms with Crippen LogP contribution in [0, 0.1) is 24.0 Å². The molecule has 10 heteroatoms. The third-order valence-electron chi connectivity index (χ3n) is 4.80. The first kappa shape index (κ1) is 19.8. The fraction of sp³-hybridized carbons (Fsp3) is 0.0952. The minimum absolute atomic E-state index is 0.0610. The van der Waals surface area contributed by atoms with Crippen LogP contribution in [-0.2, 0) is 0 Å². The number of nitrogens with zero attached hydrogens (tertiary/aromatic N) is 3. The zero-order valence-corrected chi connectivity index (χ0v) is 16.7. The zero-order chi connectivity index (χ0) is 22.1. The number of aromatic nitrogens is 2. The van der Waals surface area contributed by atoms with E-state index < -0.39 is 11.0 Å². The number of carbonyl (C=O) groups excluding carboxylic acids is 1. The number of benzene rings is 2. The van der Waals surface area contributed by atoms with Crippen LogP contribution >= 0.6 is 0 Å². The van der Waals surface area contributed by atoms with E-state index in [0.717, 1.165) is 16.8 Å². The van der Waals surface area contributed by atoms with E-state index in [4.69, 9.17) is 10.3 Å². The number of hydrogen-bond acceptors (Lipinski definition) is 7. The number of nitro benzene ring substituents is 1. The molecular formula is C21H18N6O4. The monoisotopic (exact) mass is 418 g/mol. The van der Waals surface area contributed by atoms with Crippen molar-refractivity contribution in [3.05, 3.63) is 69.9 Å². The fourth-order valence-electron chi connectivity index (χ4n) is 3.30. The quantitative estimate of drug-likeness (QED) is 0.323. The maximum absolute atomic E-state index is 12.4. The van der Waals surface area contributed by atoms with Crippen molar-refractivity contribution in [1.29, 1.82) is 0 Å². The Kier molecular flexibility index (Phi) is 4.96. The molecule has 156 valence electrons. The highest BCUT2D eigenvalue weighted by Crippen LogP contribution is 2.33. The number of urea groups is 1. The maximum atomic E-state index is 12.4. The molecule has 10 nitrogen and oxygen atoms in total. The van der Waals surface area contributed by atoms with E-state index in [1.54, 1.807) is 25.1 Å². The summed E-state index contributed by atoms with van der Waals surface area (Å²) in [6.07, 6.45) is 0. The molecule has 4 rings (SSSR count). The van der Waals surface area contributed by atoms with E-state index in [1.807, 2.05) is 25.1 Å². The van der Waals surface area contributed by atoms with Crippen LogP contribution in [0.5, 0.6) is 0 Å². The van der Waals surface area contributed by atoms with Crippen LogP contribution in [0.2, 0.25) is 0 Å². The van der Waals surface area contributed by atoms with Gasteiger partial charge < -0.3 is 20.9 Å². The van der Waals surface area contributed by atoms with Gasteiger partial charge in [0, 0.05) is 23.0 Å². The summed E-state index contributed by atoms with van der Waals surface area (Å²) in [4.78, 5) is 27.2. The molecule has 0 spiro atoms. The summed E-state index contributed by atoms with van der Waals surface area (Å²) in [6.45, 7) is 3.42. The number of nitrogen functional groups attached to an aromatic ring is 1. The Morgan fingerprint density at radius 1 is 1.13 bits per heavy atom. The average molecular weight is 418 g/mol. The molecule has 4 aromatic rings. The second-order valence-electron chi connectivity index (χ2n) is 6.92. The molecule has 2 aromatic carbocycles. The number of amides is 2. The molecule has 0 saturated heterocycles. The van der Waals surface area contributed by atoms with Crippen molar-refractivity contribution >= 4 is 40.0 Å². The van der Waals surface area contributed by atoms with E-state index in [2.05, 4.69) is 20.8 Å². The van der Waals surface area contributed by atoms with Crippen molar-refractivity contribution < 1.29 is 14.2 Å². The number of nitrogens with one attached hydrogen (secondary N) is 2. The Balaban J connectivity index is 1.54. The standard InChI is InChI=1S/C21H18N6O4/c1-11-10-15(18-19(22)26-31-20(18)23-11)13-6-8-14(9-7-13)24-21(28)25-16-4-3-5-17(12(16)2)27(29)30/h3-10H,1-2H3,(H2,22,26)(H2,24,25,28). The van der Waals surface area contributed by atoms with E-state index >= 15 is 0 Å². The second kappa shape index (κ2) is 7.75. The molecule has 4 N–H and O–H groups in total. The predicted molar refractivity (Wildman–Crippen MR) is 117 cm³/mol. The Morgan fingerprint density at radius 2 is 1.87 bits per heavy atom. The Bertz CT molecular complexity index is 1310. The summed E-state index contributed by atoms with van der Waals surface area (Å²) in [7, 11) is 0. The van der Waals surface area contributed by atoms with Crippen LogP contribution in [0.3, 0.4) is 0 Å². The molecule has 0 unspecified atom stereocenters. The number of fused-ring (bicyclic) bond motifs is 1. The first-order chi connectivity index (χ1) is 14.8. The lowest BCUT2D eigenvalue weighted by Gasteiger charge is -2.11. The molecule has 0 aliphatic heterocycles. The van der Waals surface area contributed by atoms with Gasteiger partial charge in [0.05, 0.1) is 21.6 Å². The molecule has 0 atom stereocenters. The normalized spacial score (nSPS) is 10.8. The van der Waals surface area contributed by atoms with Crippen molar-refractivity contribution in [2.24, 2.45) is 0 Å². The average Bonchev–Trinajstić information content (AvgIpc) is 3.10. The van der Waals surface area contributed by atoms with Gasteiger partial charge in [-0.15, -0.1) is 0 Å². The van der Waals surface area contributed by atoms with E-state index in [1.165, 1.54) is 12.1 Å². The third-order valence-corrected chi connectivity index (χ3v) is 4.80. The SMILES string of the molecule is Cc1cc(-c2ccc(NC(=O)Nc3cccc([N+](=O)[O-])c3C)cc2)c2c(N)noc2n1. The molecule has 31 heavy (non-hydrogen) atoms. The first-order valence-electron chi connectivity index (χ1n) is 9.28. The van der Waals surface area contributed by atoms with Crippen LogP contribution in [0.15, 0.2) is 53.1 Å². The highest BCUT2D eigenvalue weighted by Gasteiger charge is 2.16. The van der Waals surface area contributed by atoms with Crippen molar-refractivity contribution in [2.75, 3.05) is 16.4 Å². The highest BCUT2D eigenvalue weighted by molar-refractivity contribution is 6.01. The fourth-order valence-corrected chi connectivity index (χ4v) is 3.30. The van der Waals surface area contributed by atoms with Gasteiger partial charge in [0.2, 0.25) is 0 Å². The van der Waals surface area contributed by atoms with E-state index in [0.29, 0.717) is 28.0 Å².